The zero-order valence-corrected chi connectivity index (χ0v) is 16.2. The maximum atomic E-state index is 12.5. The number of nitrogens with zero attached hydrogens (tertiary/aromatic N) is 1. The molecule has 0 aromatic heterocycles. The Bertz CT molecular complexity index is 953. The normalized spacial score (nSPS) is 19.4. The number of rotatable bonds is 5. The Morgan fingerprint density at radius 2 is 1.71 bits per heavy atom. The molecular weight excluding hydrogens is 380 g/mol. The Labute approximate surface area is 164 Å². The molecule has 148 valence electrons. The van der Waals surface area contributed by atoms with Crippen molar-refractivity contribution in [3.05, 3.63) is 54.1 Å². The van der Waals surface area contributed by atoms with Crippen LogP contribution in [0.1, 0.15) is 23.2 Å². The van der Waals surface area contributed by atoms with Gasteiger partial charge in [-0.3, -0.25) is 4.79 Å². The highest BCUT2D eigenvalue weighted by atomic mass is 32.2. The number of hydrogen-bond donors (Lipinski definition) is 1. The Morgan fingerprint density at radius 1 is 1.04 bits per heavy atom. The molecule has 0 unspecified atom stereocenters. The summed E-state index contributed by atoms with van der Waals surface area (Å²) in [5.41, 5.74) is 0.400. The van der Waals surface area contributed by atoms with E-state index in [1.54, 1.807) is 0 Å². The van der Waals surface area contributed by atoms with Gasteiger partial charge in [0.25, 0.3) is 5.91 Å². The van der Waals surface area contributed by atoms with Gasteiger partial charge in [0.2, 0.25) is 10.0 Å². The number of benzene rings is 2. The summed E-state index contributed by atoms with van der Waals surface area (Å²) in [6, 6.07) is 13.4. The van der Waals surface area contributed by atoms with Gasteiger partial charge in [-0.05, 0) is 49.2 Å². The molecule has 2 heterocycles. The lowest BCUT2D eigenvalue weighted by atomic mass is 10.2. The highest BCUT2D eigenvalue weighted by Crippen LogP contribution is 2.30. The van der Waals surface area contributed by atoms with Gasteiger partial charge in [-0.25, -0.2) is 8.42 Å². The summed E-state index contributed by atoms with van der Waals surface area (Å²) in [4.78, 5) is 12.6. The minimum absolute atomic E-state index is 0.214. The van der Waals surface area contributed by atoms with E-state index in [-0.39, 0.29) is 16.9 Å². The van der Waals surface area contributed by atoms with Crippen LogP contribution in [0.4, 0.5) is 0 Å². The number of fused-ring (bicyclic) bond motifs is 1. The van der Waals surface area contributed by atoms with E-state index in [1.807, 2.05) is 24.3 Å². The van der Waals surface area contributed by atoms with Crippen molar-refractivity contribution in [1.82, 2.24) is 9.62 Å². The van der Waals surface area contributed by atoms with Crippen LogP contribution in [0.15, 0.2) is 53.4 Å². The summed E-state index contributed by atoms with van der Waals surface area (Å²) in [5.74, 6) is 1.07. The van der Waals surface area contributed by atoms with Crippen LogP contribution < -0.4 is 14.8 Å². The quantitative estimate of drug-likeness (QED) is 0.827. The smallest absolute Gasteiger partial charge is 0.251 e. The van der Waals surface area contributed by atoms with Crippen LogP contribution in [0.5, 0.6) is 11.5 Å². The molecule has 1 atom stereocenters. The molecule has 0 aliphatic carbocycles. The Hall–Kier alpha value is -2.58. The summed E-state index contributed by atoms with van der Waals surface area (Å²) in [6.07, 6.45) is 1.49. The van der Waals surface area contributed by atoms with E-state index in [0.29, 0.717) is 43.3 Å². The maximum Gasteiger partial charge on any atom is 0.251 e. The fraction of sp³-hybridized carbons (Fsp3) is 0.350. The van der Waals surface area contributed by atoms with Crippen molar-refractivity contribution in [2.45, 2.75) is 23.8 Å². The van der Waals surface area contributed by atoms with Gasteiger partial charge < -0.3 is 14.8 Å². The van der Waals surface area contributed by atoms with Crippen molar-refractivity contribution in [2.24, 2.45) is 0 Å². The highest BCUT2D eigenvalue weighted by Gasteiger charge is 2.27. The van der Waals surface area contributed by atoms with E-state index in [4.69, 9.17) is 9.47 Å². The largest absolute Gasteiger partial charge is 0.486 e. The Kier molecular flexibility index (Phi) is 5.23. The number of ether oxygens (including phenoxy) is 2. The van der Waals surface area contributed by atoms with E-state index >= 15 is 0 Å². The molecule has 0 saturated carbocycles. The molecule has 1 saturated heterocycles. The van der Waals surface area contributed by atoms with E-state index < -0.39 is 10.0 Å². The lowest BCUT2D eigenvalue weighted by Gasteiger charge is -2.26. The van der Waals surface area contributed by atoms with E-state index in [2.05, 4.69) is 5.32 Å². The molecule has 2 aromatic carbocycles. The van der Waals surface area contributed by atoms with Crippen molar-refractivity contribution in [1.29, 1.82) is 0 Å². The maximum absolute atomic E-state index is 12.5. The Balaban J connectivity index is 1.35. The molecule has 1 N–H and O–H groups in total. The molecular formula is C20H22N2O5S. The predicted octanol–water partition coefficient (Wildman–Crippen LogP) is 2.04. The first-order valence-corrected chi connectivity index (χ1v) is 10.7. The van der Waals surface area contributed by atoms with Crippen molar-refractivity contribution in [3.8, 4) is 11.5 Å². The lowest BCUT2D eigenvalue weighted by Crippen LogP contribution is -2.40. The minimum Gasteiger partial charge on any atom is -0.486 e. The average molecular weight is 402 g/mol. The van der Waals surface area contributed by atoms with Crippen molar-refractivity contribution < 1.29 is 22.7 Å². The second-order valence-electron chi connectivity index (χ2n) is 6.84. The SMILES string of the molecule is O=C(NC[C@H]1COc2ccccc2O1)c1ccc(S(=O)(=O)N2CCCC2)cc1. The molecule has 0 radical (unpaired) electrons. The van der Waals surface area contributed by atoms with Gasteiger partial charge in [-0.1, -0.05) is 12.1 Å². The molecule has 7 nitrogen and oxygen atoms in total. The van der Waals surface area contributed by atoms with Crippen LogP contribution in [-0.4, -0.2) is 51.0 Å². The third kappa shape index (κ3) is 3.83. The van der Waals surface area contributed by atoms with Gasteiger partial charge in [0.15, 0.2) is 11.5 Å². The number of carbonyl (C=O) groups is 1. The van der Waals surface area contributed by atoms with Gasteiger partial charge in [-0.2, -0.15) is 4.31 Å². The molecule has 1 fully saturated rings. The average Bonchev–Trinajstić information content (AvgIpc) is 3.28. The van der Waals surface area contributed by atoms with Gasteiger partial charge >= 0.3 is 0 Å². The van der Waals surface area contributed by atoms with Crippen molar-refractivity contribution >= 4 is 15.9 Å². The second kappa shape index (κ2) is 7.81. The first kappa shape index (κ1) is 18.8. The Morgan fingerprint density at radius 3 is 2.43 bits per heavy atom. The van der Waals surface area contributed by atoms with Crippen LogP contribution in [0, 0.1) is 0 Å². The minimum atomic E-state index is -3.47. The van der Waals surface area contributed by atoms with E-state index in [9.17, 15) is 13.2 Å². The van der Waals surface area contributed by atoms with Crippen molar-refractivity contribution in [2.75, 3.05) is 26.2 Å². The molecule has 2 aliphatic heterocycles. The third-order valence-corrected chi connectivity index (χ3v) is 6.79. The zero-order chi connectivity index (χ0) is 19.6. The van der Waals surface area contributed by atoms with E-state index in [0.717, 1.165) is 12.8 Å². The number of hydrogen-bond acceptors (Lipinski definition) is 5. The molecule has 28 heavy (non-hydrogen) atoms. The number of nitrogens with one attached hydrogen (secondary N) is 1. The van der Waals surface area contributed by atoms with Gasteiger partial charge in [0, 0.05) is 18.7 Å². The molecule has 4 rings (SSSR count). The summed E-state index contributed by atoms with van der Waals surface area (Å²) in [6.45, 7) is 1.75. The van der Waals surface area contributed by atoms with Crippen LogP contribution in [-0.2, 0) is 10.0 Å². The van der Waals surface area contributed by atoms with Gasteiger partial charge in [-0.15, -0.1) is 0 Å². The van der Waals surface area contributed by atoms with E-state index in [1.165, 1.54) is 28.6 Å². The number of sulfonamides is 1. The van der Waals surface area contributed by atoms with Crippen molar-refractivity contribution in [3.63, 3.8) is 0 Å². The lowest BCUT2D eigenvalue weighted by molar-refractivity contribution is 0.0789. The number of amides is 1. The standard InChI is InChI=1S/C20H22N2O5S/c23-20(21-13-16-14-26-18-5-1-2-6-19(18)27-16)15-7-9-17(10-8-15)28(24,25)22-11-3-4-12-22/h1-2,5-10,16H,3-4,11-14H2,(H,21,23)/t16-/m0/s1. The molecule has 8 heteroatoms. The first-order valence-electron chi connectivity index (χ1n) is 9.31. The molecule has 1 amide bonds. The summed E-state index contributed by atoms with van der Waals surface area (Å²) >= 11 is 0. The van der Waals surface area contributed by atoms with Crippen LogP contribution in [0.2, 0.25) is 0 Å². The topological polar surface area (TPSA) is 84.9 Å². The van der Waals surface area contributed by atoms with Crippen LogP contribution >= 0.6 is 0 Å². The zero-order valence-electron chi connectivity index (χ0n) is 15.3. The number of carbonyl (C=O) groups excluding carboxylic acids is 1. The first-order chi connectivity index (χ1) is 13.5. The highest BCUT2D eigenvalue weighted by molar-refractivity contribution is 7.89. The molecule has 2 aromatic rings. The third-order valence-electron chi connectivity index (χ3n) is 4.88. The van der Waals surface area contributed by atoms with Gasteiger partial charge in [0.05, 0.1) is 11.4 Å². The monoisotopic (exact) mass is 402 g/mol. The van der Waals surface area contributed by atoms with Crippen LogP contribution in [0.25, 0.3) is 0 Å². The summed E-state index contributed by atoms with van der Waals surface area (Å²) in [7, 11) is -3.47. The molecule has 2 aliphatic rings. The summed E-state index contributed by atoms with van der Waals surface area (Å²) in [5, 5.41) is 2.81. The fourth-order valence-electron chi connectivity index (χ4n) is 3.33. The van der Waals surface area contributed by atoms with Crippen LogP contribution in [0.3, 0.4) is 0 Å². The number of para-hydroxylation sites is 2. The second-order valence-corrected chi connectivity index (χ2v) is 8.78. The fourth-order valence-corrected chi connectivity index (χ4v) is 4.85. The van der Waals surface area contributed by atoms with Gasteiger partial charge in [0.1, 0.15) is 12.7 Å². The molecule has 0 spiro atoms. The molecule has 0 bridgehead atoms. The predicted molar refractivity (Wildman–Crippen MR) is 103 cm³/mol. The summed E-state index contributed by atoms with van der Waals surface area (Å²) < 4.78 is 38.0.